The van der Waals surface area contributed by atoms with Crippen molar-refractivity contribution in [3.8, 4) is 11.5 Å². The maximum absolute atomic E-state index is 13.9. The second-order valence-corrected chi connectivity index (χ2v) is 11.4. The number of hydrogen-bond donors (Lipinski definition) is 1. The number of aromatic hydroxyl groups is 1. The van der Waals surface area contributed by atoms with E-state index < -0.39 is 23.7 Å². The number of carbonyl (C=O) groups excluding carboxylic acids is 4. The van der Waals surface area contributed by atoms with E-state index >= 15 is 0 Å². The first-order valence-electron chi connectivity index (χ1n) is 12.9. The van der Waals surface area contributed by atoms with Gasteiger partial charge in [-0.15, -0.1) is 0 Å². The third-order valence-corrected chi connectivity index (χ3v) is 8.90. The maximum Gasteiger partial charge on any atom is 0.234 e. The summed E-state index contributed by atoms with van der Waals surface area (Å²) in [5.74, 6) is -3.30. The quantitative estimate of drug-likeness (QED) is 0.313. The van der Waals surface area contributed by atoms with Gasteiger partial charge in [0.2, 0.25) is 11.8 Å². The first-order valence-corrected chi connectivity index (χ1v) is 13.7. The molecule has 0 radical (unpaired) electrons. The lowest BCUT2D eigenvalue weighted by atomic mass is 9.59. The van der Waals surface area contributed by atoms with Gasteiger partial charge in [-0.25, -0.2) is 0 Å². The zero-order valence-corrected chi connectivity index (χ0v) is 23.0. The number of rotatable bonds is 4. The van der Waals surface area contributed by atoms with Crippen LogP contribution in [-0.4, -0.2) is 40.5 Å². The van der Waals surface area contributed by atoms with Gasteiger partial charge < -0.3 is 9.84 Å². The SMILES string of the molecule is COc1cc(Br)cc(C2C3=CCC4C(=O)N(Cc5ccccc5)C(=O)C4C3CC3=C2C(=O)C(C)=CC3=O)c1O. The van der Waals surface area contributed by atoms with E-state index in [4.69, 9.17) is 4.74 Å². The highest BCUT2D eigenvalue weighted by Crippen LogP contribution is 2.57. The summed E-state index contributed by atoms with van der Waals surface area (Å²) in [4.78, 5) is 55.5. The van der Waals surface area contributed by atoms with E-state index in [2.05, 4.69) is 15.9 Å². The van der Waals surface area contributed by atoms with Gasteiger partial charge in [0.15, 0.2) is 23.1 Å². The Morgan fingerprint density at radius 3 is 2.51 bits per heavy atom. The predicted molar refractivity (Wildman–Crippen MR) is 146 cm³/mol. The van der Waals surface area contributed by atoms with E-state index in [1.54, 1.807) is 19.1 Å². The van der Waals surface area contributed by atoms with Crippen LogP contribution in [0.3, 0.4) is 0 Å². The van der Waals surface area contributed by atoms with Crippen LogP contribution >= 0.6 is 15.9 Å². The molecule has 0 saturated carbocycles. The molecule has 2 amide bonds. The number of amides is 2. The topological polar surface area (TPSA) is 101 Å². The molecule has 0 bridgehead atoms. The van der Waals surface area contributed by atoms with E-state index in [0.717, 1.165) is 11.1 Å². The van der Waals surface area contributed by atoms with Crippen molar-refractivity contribution in [2.24, 2.45) is 17.8 Å². The molecule has 8 heteroatoms. The lowest BCUT2D eigenvalue weighted by Crippen LogP contribution is -2.39. The Labute approximate surface area is 234 Å². The molecular formula is C31H26BrNO6. The number of Topliss-reactive ketones (excluding diaryl/α,β-unsaturated/α-hetero) is 1. The van der Waals surface area contributed by atoms with Crippen LogP contribution < -0.4 is 4.74 Å². The van der Waals surface area contributed by atoms with Gasteiger partial charge in [0, 0.05) is 32.7 Å². The second kappa shape index (κ2) is 9.45. The largest absolute Gasteiger partial charge is 0.504 e. The van der Waals surface area contributed by atoms with Crippen molar-refractivity contribution in [2.75, 3.05) is 7.11 Å². The van der Waals surface area contributed by atoms with Crippen molar-refractivity contribution >= 4 is 39.3 Å². The number of hydrogen-bond acceptors (Lipinski definition) is 6. The average molecular weight is 588 g/mol. The number of ether oxygens (including phenoxy) is 1. The number of fused-ring (bicyclic) bond motifs is 3. The van der Waals surface area contributed by atoms with E-state index in [-0.39, 0.29) is 47.8 Å². The number of nitrogens with zero attached hydrogens (tertiary/aromatic N) is 1. The van der Waals surface area contributed by atoms with Crippen molar-refractivity contribution < 1.29 is 29.0 Å². The van der Waals surface area contributed by atoms with Crippen molar-refractivity contribution in [2.45, 2.75) is 32.2 Å². The number of phenols is 1. The van der Waals surface area contributed by atoms with Gasteiger partial charge >= 0.3 is 0 Å². The zero-order chi connectivity index (χ0) is 27.6. The van der Waals surface area contributed by atoms with Crippen molar-refractivity contribution in [1.82, 2.24) is 4.90 Å². The molecule has 198 valence electrons. The number of halogens is 1. The molecule has 4 unspecified atom stereocenters. The standard InChI is InChI=1S/C31H26BrNO6/c1-15-10-23(34)21-13-20-18(25(27(21)28(15)35)22-11-17(32)12-24(39-2)29(22)36)8-9-19-26(20)31(38)33(30(19)37)14-16-6-4-3-5-7-16/h3-8,10-12,19-20,25-26,36H,9,13-14H2,1-2H3. The molecule has 1 saturated heterocycles. The minimum absolute atomic E-state index is 0.131. The number of carbonyl (C=O) groups is 4. The first-order chi connectivity index (χ1) is 18.7. The molecule has 4 aliphatic rings. The van der Waals surface area contributed by atoms with Crippen LogP contribution in [0.1, 0.15) is 36.8 Å². The van der Waals surface area contributed by atoms with E-state index in [9.17, 15) is 24.3 Å². The Kier molecular flexibility index (Phi) is 6.18. The summed E-state index contributed by atoms with van der Waals surface area (Å²) in [5, 5.41) is 11.2. The summed E-state index contributed by atoms with van der Waals surface area (Å²) in [5.41, 5.74) is 3.06. The van der Waals surface area contributed by atoms with Crippen LogP contribution in [0.4, 0.5) is 0 Å². The second-order valence-electron chi connectivity index (χ2n) is 10.5. The fourth-order valence-electron chi connectivity index (χ4n) is 6.67. The summed E-state index contributed by atoms with van der Waals surface area (Å²) in [6.45, 7) is 1.80. The van der Waals surface area contributed by atoms with Gasteiger partial charge in [0.05, 0.1) is 25.5 Å². The Hall–Kier alpha value is -3.78. The Morgan fingerprint density at radius 2 is 1.79 bits per heavy atom. The number of methoxy groups -OCH3 is 1. The molecule has 1 aliphatic heterocycles. The molecule has 1 N–H and O–H groups in total. The van der Waals surface area contributed by atoms with Crippen LogP contribution in [0.25, 0.3) is 0 Å². The van der Waals surface area contributed by atoms with Crippen molar-refractivity contribution in [3.63, 3.8) is 0 Å². The van der Waals surface area contributed by atoms with Crippen LogP contribution in [0.2, 0.25) is 0 Å². The highest BCUT2D eigenvalue weighted by Gasteiger charge is 2.56. The lowest BCUT2D eigenvalue weighted by Gasteiger charge is -2.42. The van der Waals surface area contributed by atoms with Crippen LogP contribution in [-0.2, 0) is 25.7 Å². The average Bonchev–Trinajstić information content (AvgIpc) is 3.17. The predicted octanol–water partition coefficient (Wildman–Crippen LogP) is 4.79. The van der Waals surface area contributed by atoms with Crippen molar-refractivity contribution in [3.05, 3.63) is 92.5 Å². The summed E-state index contributed by atoms with van der Waals surface area (Å²) in [7, 11) is 1.44. The molecule has 0 spiro atoms. The van der Waals surface area contributed by atoms with Crippen LogP contribution in [0, 0.1) is 17.8 Å². The minimum Gasteiger partial charge on any atom is -0.504 e. The molecule has 7 nitrogen and oxygen atoms in total. The fraction of sp³-hybridized carbons (Fsp3) is 0.290. The molecule has 2 aromatic carbocycles. The highest BCUT2D eigenvalue weighted by molar-refractivity contribution is 9.10. The molecule has 39 heavy (non-hydrogen) atoms. The number of ketones is 2. The van der Waals surface area contributed by atoms with Gasteiger partial charge in [-0.1, -0.05) is 57.9 Å². The maximum atomic E-state index is 13.9. The van der Waals surface area contributed by atoms with E-state index in [1.807, 2.05) is 36.4 Å². The van der Waals surface area contributed by atoms with Crippen molar-refractivity contribution in [1.29, 1.82) is 0 Å². The molecule has 1 heterocycles. The summed E-state index contributed by atoms with van der Waals surface area (Å²) < 4.78 is 6.02. The molecule has 2 aromatic rings. The monoisotopic (exact) mass is 587 g/mol. The Bertz CT molecular complexity index is 1550. The number of likely N-dealkylation sites (tertiary alicyclic amines) is 1. The fourth-order valence-corrected chi connectivity index (χ4v) is 7.13. The molecule has 6 rings (SSSR count). The van der Waals surface area contributed by atoms with Gasteiger partial charge in [-0.3, -0.25) is 24.1 Å². The molecular weight excluding hydrogens is 562 g/mol. The zero-order valence-electron chi connectivity index (χ0n) is 21.4. The number of allylic oxidation sites excluding steroid dienone is 6. The number of benzene rings is 2. The van der Waals surface area contributed by atoms with Gasteiger partial charge in [0.25, 0.3) is 0 Å². The number of imide groups is 1. The van der Waals surface area contributed by atoms with Gasteiger partial charge in [-0.2, -0.15) is 0 Å². The summed E-state index contributed by atoms with van der Waals surface area (Å²) in [6.07, 6.45) is 3.82. The normalized spacial score (nSPS) is 26.2. The highest BCUT2D eigenvalue weighted by atomic mass is 79.9. The third kappa shape index (κ3) is 3.92. The molecule has 0 aromatic heterocycles. The summed E-state index contributed by atoms with van der Waals surface area (Å²) in [6, 6.07) is 12.7. The molecule has 1 fully saturated rings. The lowest BCUT2D eigenvalue weighted by molar-refractivity contribution is -0.140. The Balaban J connectivity index is 1.49. The van der Waals surface area contributed by atoms with E-state index in [0.29, 0.717) is 33.2 Å². The Morgan fingerprint density at radius 1 is 1.05 bits per heavy atom. The van der Waals surface area contributed by atoms with E-state index in [1.165, 1.54) is 18.1 Å². The summed E-state index contributed by atoms with van der Waals surface area (Å²) >= 11 is 3.48. The molecule has 4 atom stereocenters. The first kappa shape index (κ1) is 25.5. The van der Waals surface area contributed by atoms with Gasteiger partial charge in [0.1, 0.15) is 0 Å². The minimum atomic E-state index is -0.753. The van der Waals surface area contributed by atoms with Crippen LogP contribution in [0.15, 0.2) is 81.4 Å². The van der Waals surface area contributed by atoms with Gasteiger partial charge in [-0.05, 0) is 49.5 Å². The van der Waals surface area contributed by atoms with Crippen LogP contribution in [0.5, 0.6) is 11.5 Å². The number of phenolic OH excluding ortho intramolecular Hbond substituents is 1. The smallest absolute Gasteiger partial charge is 0.234 e. The molecule has 3 aliphatic carbocycles. The third-order valence-electron chi connectivity index (χ3n) is 8.44.